The van der Waals surface area contributed by atoms with Crippen molar-refractivity contribution in [3.8, 4) is 33.9 Å². The third-order valence-corrected chi connectivity index (χ3v) is 8.30. The molecule has 1 amide bonds. The molecule has 1 aromatic carbocycles. The van der Waals surface area contributed by atoms with Crippen molar-refractivity contribution in [2.24, 2.45) is 4.99 Å². The van der Waals surface area contributed by atoms with E-state index in [-0.39, 0.29) is 45.3 Å². The summed E-state index contributed by atoms with van der Waals surface area (Å²) >= 11 is 4.73. The first-order chi connectivity index (χ1) is 26.7. The zero-order chi connectivity index (χ0) is 39.4. The number of carboxylic acid groups (broad SMARTS) is 2. The Morgan fingerprint density at radius 1 is 0.691 bits per heavy atom. The van der Waals surface area contributed by atoms with Crippen LogP contribution in [0, 0.1) is 0 Å². The number of hydrogen-bond donors (Lipinski definition) is 5. The number of thiocarbonyl (C=S) groups is 1. The topological polar surface area (TPSA) is 223 Å². The maximum atomic E-state index is 13.3. The minimum atomic E-state index is -1.18. The van der Waals surface area contributed by atoms with Gasteiger partial charge in [-0.05, 0) is 71.9 Å². The Morgan fingerprint density at radius 2 is 1.31 bits per heavy atom. The fourth-order valence-corrected chi connectivity index (χ4v) is 5.64. The highest BCUT2D eigenvalue weighted by atomic mass is 32.1. The molecule has 0 aliphatic rings. The second-order valence-electron chi connectivity index (χ2n) is 12.2. The predicted octanol–water partition coefficient (Wildman–Crippen LogP) is 3.28. The molecule has 5 N–H and O–H groups in total. The zero-order valence-corrected chi connectivity index (χ0v) is 30.7. The van der Waals surface area contributed by atoms with Gasteiger partial charge in [-0.3, -0.25) is 44.6 Å². The molecule has 0 saturated carbocycles. The minimum Gasteiger partial charge on any atom is -0.480 e. The molecule has 18 heteroatoms. The van der Waals surface area contributed by atoms with Crippen molar-refractivity contribution in [1.82, 2.24) is 35.0 Å². The summed E-state index contributed by atoms with van der Waals surface area (Å²) in [5.74, 6) is -2.71. The lowest BCUT2D eigenvalue weighted by Crippen LogP contribution is -2.46. The van der Waals surface area contributed by atoms with Gasteiger partial charge in [0.2, 0.25) is 5.91 Å². The third kappa shape index (κ3) is 14.7. The van der Waals surface area contributed by atoms with Crippen LogP contribution >= 0.6 is 12.2 Å². The molecule has 3 aromatic heterocycles. The monoisotopic (exact) mass is 774 g/mol. The van der Waals surface area contributed by atoms with Gasteiger partial charge in [0.15, 0.2) is 0 Å². The number of aromatic nitrogens is 3. The van der Waals surface area contributed by atoms with E-state index >= 15 is 0 Å². The average Bonchev–Trinajstić information content (AvgIpc) is 3.19. The van der Waals surface area contributed by atoms with E-state index in [1.165, 1.54) is 4.90 Å². The number of nitrogens with zero attached hydrogens (tertiary/aromatic N) is 7. The fraction of sp³-hybridized carbons (Fsp3) is 0.324. The van der Waals surface area contributed by atoms with E-state index in [1.54, 1.807) is 17.2 Å². The maximum absolute atomic E-state index is 13.3. The van der Waals surface area contributed by atoms with Gasteiger partial charge in [0, 0.05) is 45.5 Å². The van der Waals surface area contributed by atoms with Crippen molar-refractivity contribution in [3.05, 3.63) is 84.7 Å². The highest BCUT2D eigenvalue weighted by Crippen LogP contribution is 2.30. The number of carbonyl (C=O) groups is 3. The third-order valence-electron chi connectivity index (χ3n) is 8.21. The van der Waals surface area contributed by atoms with Crippen LogP contribution in [-0.2, 0) is 30.7 Å². The summed E-state index contributed by atoms with van der Waals surface area (Å²) < 4.78 is 0. The largest absolute Gasteiger partial charge is 0.480 e. The van der Waals surface area contributed by atoms with Gasteiger partial charge in [-0.15, -0.1) is 0 Å². The average molecular weight is 775 g/mol. The number of pyridine rings is 3. The number of nitrogens with one attached hydrogen (secondary N) is 1. The summed E-state index contributed by atoms with van der Waals surface area (Å²) in [6, 6.07) is 22.4. The summed E-state index contributed by atoms with van der Waals surface area (Å²) in [6.45, 7) is 0.485. The van der Waals surface area contributed by atoms with Gasteiger partial charge in [0.05, 0.1) is 78.7 Å². The second-order valence-corrected chi connectivity index (χ2v) is 12.3. The first-order valence-corrected chi connectivity index (χ1v) is 17.6. The van der Waals surface area contributed by atoms with Gasteiger partial charge in [-0.25, -0.2) is 19.7 Å². The molecular weight excluding hydrogens is 733 g/mol. The highest BCUT2D eigenvalue weighted by molar-refractivity contribution is 7.78. The van der Waals surface area contributed by atoms with E-state index < -0.39 is 25.0 Å². The zero-order valence-electron chi connectivity index (χ0n) is 29.9. The molecule has 4 aromatic rings. The molecule has 0 radical (unpaired) electrons. The summed E-state index contributed by atoms with van der Waals surface area (Å²) in [7, 11) is 0. The number of hydrogen-bond acceptors (Lipinski definition) is 15. The number of amides is 1. The Balaban J connectivity index is 1.50. The molecular formula is C37H42N8O9S. The first kappa shape index (κ1) is 42.3. The molecule has 55 heavy (non-hydrogen) atoms. The van der Waals surface area contributed by atoms with Gasteiger partial charge in [-0.1, -0.05) is 24.3 Å². The maximum Gasteiger partial charge on any atom is 0.317 e. The van der Waals surface area contributed by atoms with Crippen LogP contribution in [0.25, 0.3) is 33.9 Å². The number of carbonyl (C=O) groups excluding carboxylic acids is 1. The molecule has 0 spiro atoms. The molecule has 4 rings (SSSR count). The molecule has 17 nitrogen and oxygen atoms in total. The summed E-state index contributed by atoms with van der Waals surface area (Å²) in [4.78, 5) is 67.4. The van der Waals surface area contributed by atoms with Crippen molar-refractivity contribution in [2.45, 2.75) is 6.54 Å². The van der Waals surface area contributed by atoms with Gasteiger partial charge >= 0.3 is 11.9 Å². The molecule has 0 fully saturated rings. The summed E-state index contributed by atoms with van der Waals surface area (Å²) in [6.07, 6.45) is 1.70. The molecule has 0 aliphatic heterocycles. The van der Waals surface area contributed by atoms with Crippen molar-refractivity contribution in [3.63, 3.8) is 0 Å². The molecule has 0 saturated heterocycles. The second kappa shape index (κ2) is 22.7. The lowest BCUT2D eigenvalue weighted by molar-refractivity contribution is -0.251. The lowest BCUT2D eigenvalue weighted by atomic mass is 10.0. The van der Waals surface area contributed by atoms with Crippen molar-refractivity contribution >= 4 is 40.9 Å². The number of benzene rings is 1. The van der Waals surface area contributed by atoms with Crippen LogP contribution in [0.1, 0.15) is 5.69 Å². The van der Waals surface area contributed by atoms with Crippen LogP contribution in [0.3, 0.4) is 0 Å². The number of carboxylic acids is 2. The SMILES string of the molecule is O=C(O)CN(CCN(CCN(CCOO)CCOO)CC(=O)NCc1cccc(-c2cc(-c3ccc(N=C=S)cc3)cc(-c3ccccn3)n2)n1)CC(=O)O. The summed E-state index contributed by atoms with van der Waals surface area (Å²) in [5, 5.41) is 41.4. The molecule has 0 atom stereocenters. The Hall–Kier alpha value is -5.40. The smallest absolute Gasteiger partial charge is 0.317 e. The Kier molecular flexibility index (Phi) is 17.5. The quantitative estimate of drug-likeness (QED) is 0.0298. The predicted molar refractivity (Wildman–Crippen MR) is 204 cm³/mol. The fourth-order valence-electron chi connectivity index (χ4n) is 5.53. The number of rotatable bonds is 24. The van der Waals surface area contributed by atoms with E-state index in [2.05, 4.69) is 30.2 Å². The van der Waals surface area contributed by atoms with Gasteiger partial charge < -0.3 is 15.5 Å². The van der Waals surface area contributed by atoms with E-state index in [1.807, 2.05) is 71.6 Å². The van der Waals surface area contributed by atoms with Crippen LogP contribution in [0.4, 0.5) is 5.69 Å². The highest BCUT2D eigenvalue weighted by Gasteiger charge is 2.19. The first-order valence-electron chi connectivity index (χ1n) is 17.2. The molecule has 290 valence electrons. The standard InChI is InChI=1S/C37H42N8O9S/c46-35(23-44(13-12-43(16-18-53-51)17-19-54-52)14-15-45(24-36(47)48)25-37(49)50)39-22-30-4-3-6-32(41-30)34-21-28(27-7-9-29(10-8-27)40-26-55)20-33(42-34)31-5-1-2-11-38-31/h1-11,20-21,51-52H,12-19,22-25H2,(H,39,46)(H,47,48)(H,49,50). The molecule has 0 bridgehead atoms. The molecule has 0 unspecified atom stereocenters. The number of aliphatic carboxylic acids is 2. The van der Waals surface area contributed by atoms with Crippen LogP contribution in [0.2, 0.25) is 0 Å². The van der Waals surface area contributed by atoms with Crippen LogP contribution in [0.5, 0.6) is 0 Å². The van der Waals surface area contributed by atoms with Gasteiger partial charge in [0.1, 0.15) is 0 Å². The van der Waals surface area contributed by atoms with Crippen molar-refractivity contribution in [1.29, 1.82) is 0 Å². The van der Waals surface area contributed by atoms with E-state index in [9.17, 15) is 24.6 Å². The van der Waals surface area contributed by atoms with Crippen molar-refractivity contribution < 1.29 is 44.9 Å². The van der Waals surface area contributed by atoms with Gasteiger partial charge in [-0.2, -0.15) is 4.99 Å². The lowest BCUT2D eigenvalue weighted by Gasteiger charge is -2.28. The van der Waals surface area contributed by atoms with E-state index in [4.69, 9.17) is 32.7 Å². The molecule has 3 heterocycles. The van der Waals surface area contributed by atoms with Crippen LogP contribution in [0.15, 0.2) is 84.0 Å². The van der Waals surface area contributed by atoms with Gasteiger partial charge in [0.25, 0.3) is 0 Å². The normalized spacial score (nSPS) is 11.1. The minimum absolute atomic E-state index is 0.00922. The molecule has 0 aliphatic carbocycles. The van der Waals surface area contributed by atoms with E-state index in [0.717, 1.165) is 11.1 Å². The Morgan fingerprint density at radius 3 is 1.91 bits per heavy atom. The van der Waals surface area contributed by atoms with Crippen LogP contribution in [-0.4, -0.2) is 146 Å². The summed E-state index contributed by atoms with van der Waals surface area (Å²) in [5.41, 5.74) is 5.53. The Bertz CT molecular complexity index is 1880. The Labute approximate surface area is 322 Å². The number of aliphatic imine (C=N–C) groups is 1. The number of isothiocyanates is 1. The van der Waals surface area contributed by atoms with Crippen molar-refractivity contribution in [2.75, 3.05) is 72.1 Å². The van der Waals surface area contributed by atoms with Crippen LogP contribution < -0.4 is 5.32 Å². The van der Waals surface area contributed by atoms with E-state index in [0.29, 0.717) is 60.3 Å².